The third-order valence-corrected chi connectivity index (χ3v) is 3.89. The van der Waals surface area contributed by atoms with Gasteiger partial charge in [-0.2, -0.15) is 0 Å². The summed E-state index contributed by atoms with van der Waals surface area (Å²) in [6.07, 6.45) is 0. The number of aromatic nitrogens is 2. The first-order chi connectivity index (χ1) is 12.4. The van der Waals surface area contributed by atoms with Gasteiger partial charge in [-0.25, -0.2) is 13.9 Å². The van der Waals surface area contributed by atoms with Crippen LogP contribution in [0.1, 0.15) is 0 Å². The molecule has 0 fully saturated rings. The Labute approximate surface area is 162 Å². The Bertz CT molecular complexity index is 1060. The summed E-state index contributed by atoms with van der Waals surface area (Å²) in [6.45, 7) is 0. The van der Waals surface area contributed by atoms with E-state index in [0.717, 1.165) is 9.13 Å². The molecular weight excluding hydrogens is 397 g/mol. The Morgan fingerprint density at radius 3 is 2.23 bits per heavy atom. The van der Waals surface area contributed by atoms with Crippen LogP contribution >= 0.6 is 35.4 Å². The average molecular weight is 408 g/mol. The molecule has 132 valence electrons. The van der Waals surface area contributed by atoms with Gasteiger partial charge in [0.2, 0.25) is 16.8 Å². The lowest BCUT2D eigenvalue weighted by atomic mass is 10.3. The van der Waals surface area contributed by atoms with Gasteiger partial charge in [0.15, 0.2) is 0 Å². The molecule has 7 nitrogen and oxygen atoms in total. The average Bonchev–Trinajstić information content (AvgIpc) is 2.83. The topological polar surface area (TPSA) is 97.9 Å². The van der Waals surface area contributed by atoms with E-state index in [1.807, 2.05) is 0 Å². The predicted molar refractivity (Wildman–Crippen MR) is 104 cm³/mol. The fraction of sp³-hybridized carbons (Fsp3) is 0. The number of hydrogen-bond donors (Lipinski definition) is 2. The van der Waals surface area contributed by atoms with Gasteiger partial charge in [0, 0.05) is 10.0 Å². The number of nitrogens with two attached hydrogens (primary N) is 1. The summed E-state index contributed by atoms with van der Waals surface area (Å²) in [4.78, 5) is 13.0. The largest absolute Gasteiger partial charge is 0.491 e. The molecule has 1 aromatic heterocycles. The van der Waals surface area contributed by atoms with Crippen molar-refractivity contribution in [2.24, 2.45) is 16.0 Å². The van der Waals surface area contributed by atoms with E-state index in [1.54, 1.807) is 30.3 Å². The molecule has 0 saturated carbocycles. The SMILES string of the molecule is NC(=S)/N=N/c1c(O)n(-c2ccccc2)c(=O)n1-c1cc(Cl)cc(Cl)c1. The number of para-hydroxylation sites is 1. The second kappa shape index (κ2) is 7.28. The summed E-state index contributed by atoms with van der Waals surface area (Å²) >= 11 is 16.7. The van der Waals surface area contributed by atoms with E-state index in [0.29, 0.717) is 21.4 Å². The van der Waals surface area contributed by atoms with Crippen molar-refractivity contribution in [1.29, 1.82) is 0 Å². The van der Waals surface area contributed by atoms with Crippen molar-refractivity contribution in [3.8, 4) is 17.3 Å². The highest BCUT2D eigenvalue weighted by Gasteiger charge is 2.22. The van der Waals surface area contributed by atoms with Crippen LogP contribution in [-0.4, -0.2) is 19.4 Å². The fourth-order valence-corrected chi connectivity index (χ4v) is 2.93. The van der Waals surface area contributed by atoms with Crippen LogP contribution in [0.25, 0.3) is 11.4 Å². The van der Waals surface area contributed by atoms with E-state index < -0.39 is 11.6 Å². The Balaban J connectivity index is 2.35. The summed E-state index contributed by atoms with van der Waals surface area (Å²) in [6, 6.07) is 13.1. The second-order valence-electron chi connectivity index (χ2n) is 5.10. The lowest BCUT2D eigenvalue weighted by molar-refractivity contribution is 0.442. The molecule has 0 atom stereocenters. The minimum atomic E-state index is -0.594. The molecule has 0 unspecified atom stereocenters. The summed E-state index contributed by atoms with van der Waals surface area (Å²) in [5.41, 5.74) is 5.48. The molecule has 3 N–H and O–H groups in total. The number of hydrogen-bond acceptors (Lipinski definition) is 4. The van der Waals surface area contributed by atoms with Gasteiger partial charge in [-0.1, -0.05) is 41.4 Å². The molecule has 10 heteroatoms. The van der Waals surface area contributed by atoms with Crippen LogP contribution in [0.5, 0.6) is 5.88 Å². The van der Waals surface area contributed by atoms with Crippen molar-refractivity contribution >= 4 is 46.4 Å². The van der Waals surface area contributed by atoms with Gasteiger partial charge in [-0.15, -0.1) is 10.2 Å². The Hall–Kier alpha value is -2.68. The number of imidazole rings is 1. The standard InChI is InChI=1S/C16H11Cl2N5O2S/c17-9-6-10(18)8-12(7-9)22-13(20-21-15(19)26)14(24)23(16(22)25)11-4-2-1-3-5-11/h1-8,24H,(H2,19,26)/b21-20+. The Morgan fingerprint density at radius 2 is 1.65 bits per heavy atom. The number of thiocarbonyl (C=S) groups is 1. The van der Waals surface area contributed by atoms with Crippen molar-refractivity contribution in [2.75, 3.05) is 0 Å². The van der Waals surface area contributed by atoms with Gasteiger partial charge in [0.05, 0.1) is 11.4 Å². The molecule has 0 aliphatic heterocycles. The fourth-order valence-electron chi connectivity index (χ4n) is 2.38. The number of azo groups is 1. The zero-order valence-corrected chi connectivity index (χ0v) is 15.3. The van der Waals surface area contributed by atoms with Crippen LogP contribution in [0.3, 0.4) is 0 Å². The van der Waals surface area contributed by atoms with Gasteiger partial charge in [0.1, 0.15) is 0 Å². The zero-order valence-electron chi connectivity index (χ0n) is 13.0. The van der Waals surface area contributed by atoms with Gasteiger partial charge >= 0.3 is 5.69 Å². The molecule has 0 radical (unpaired) electrons. The maximum atomic E-state index is 13.0. The molecule has 26 heavy (non-hydrogen) atoms. The van der Waals surface area contributed by atoms with Crippen LogP contribution in [-0.2, 0) is 0 Å². The van der Waals surface area contributed by atoms with E-state index in [9.17, 15) is 9.90 Å². The molecule has 0 spiro atoms. The summed E-state index contributed by atoms with van der Waals surface area (Å²) < 4.78 is 2.19. The van der Waals surface area contributed by atoms with Gasteiger partial charge in [-0.05, 0) is 42.5 Å². The van der Waals surface area contributed by atoms with E-state index in [2.05, 4.69) is 22.4 Å². The summed E-state index contributed by atoms with van der Waals surface area (Å²) in [5.74, 6) is -0.595. The number of halogens is 2. The minimum absolute atomic E-state index is 0.162. The molecule has 0 aliphatic rings. The molecule has 0 bridgehead atoms. The smallest absolute Gasteiger partial charge is 0.342 e. The van der Waals surface area contributed by atoms with Crippen molar-refractivity contribution in [3.63, 3.8) is 0 Å². The van der Waals surface area contributed by atoms with Crippen LogP contribution < -0.4 is 11.4 Å². The molecule has 0 amide bonds. The van der Waals surface area contributed by atoms with E-state index in [4.69, 9.17) is 28.9 Å². The lowest BCUT2D eigenvalue weighted by Gasteiger charge is -2.05. The summed E-state index contributed by atoms with van der Waals surface area (Å²) in [5, 5.41) is 18.3. The molecule has 3 rings (SSSR count). The molecule has 1 heterocycles. The second-order valence-corrected chi connectivity index (χ2v) is 6.39. The molecule has 0 aliphatic carbocycles. The third kappa shape index (κ3) is 3.48. The number of aromatic hydroxyl groups is 1. The maximum absolute atomic E-state index is 13.0. The Kier molecular flexibility index (Phi) is 5.08. The monoisotopic (exact) mass is 407 g/mol. The number of rotatable bonds is 3. The lowest BCUT2D eigenvalue weighted by Crippen LogP contribution is -2.22. The normalized spacial score (nSPS) is 11.2. The zero-order chi connectivity index (χ0) is 18.8. The van der Waals surface area contributed by atoms with Crippen molar-refractivity contribution < 1.29 is 5.11 Å². The molecule has 2 aromatic carbocycles. The van der Waals surface area contributed by atoms with Crippen LogP contribution in [0.4, 0.5) is 5.82 Å². The third-order valence-electron chi connectivity index (χ3n) is 3.37. The minimum Gasteiger partial charge on any atom is -0.491 e. The number of nitrogens with zero attached hydrogens (tertiary/aromatic N) is 4. The first-order valence-corrected chi connectivity index (χ1v) is 8.34. The Morgan fingerprint density at radius 1 is 1.04 bits per heavy atom. The molecule has 3 aromatic rings. The molecule has 0 saturated heterocycles. The van der Waals surface area contributed by atoms with Crippen LogP contribution in [0, 0.1) is 0 Å². The number of benzene rings is 2. The van der Waals surface area contributed by atoms with Gasteiger partial charge in [-0.3, -0.25) is 0 Å². The van der Waals surface area contributed by atoms with E-state index >= 15 is 0 Å². The summed E-state index contributed by atoms with van der Waals surface area (Å²) in [7, 11) is 0. The first-order valence-electron chi connectivity index (χ1n) is 7.18. The van der Waals surface area contributed by atoms with E-state index in [1.165, 1.54) is 18.2 Å². The maximum Gasteiger partial charge on any atom is 0.342 e. The molecular formula is C16H11Cl2N5O2S. The van der Waals surface area contributed by atoms with Crippen LogP contribution in [0.2, 0.25) is 10.0 Å². The van der Waals surface area contributed by atoms with Crippen molar-refractivity contribution in [1.82, 2.24) is 9.13 Å². The van der Waals surface area contributed by atoms with Gasteiger partial charge in [0.25, 0.3) is 0 Å². The van der Waals surface area contributed by atoms with Gasteiger partial charge < -0.3 is 10.8 Å². The quantitative estimate of drug-likeness (QED) is 0.506. The predicted octanol–water partition coefficient (Wildman–Crippen LogP) is 3.97. The van der Waals surface area contributed by atoms with Crippen LogP contribution in [0.15, 0.2) is 63.6 Å². The van der Waals surface area contributed by atoms with Crippen molar-refractivity contribution in [2.45, 2.75) is 0 Å². The highest BCUT2D eigenvalue weighted by atomic mass is 35.5. The first kappa shape index (κ1) is 18.1. The highest BCUT2D eigenvalue weighted by Crippen LogP contribution is 2.32. The van der Waals surface area contributed by atoms with E-state index in [-0.39, 0.29) is 10.9 Å². The highest BCUT2D eigenvalue weighted by molar-refractivity contribution is 7.80. The van der Waals surface area contributed by atoms with Crippen molar-refractivity contribution in [3.05, 3.63) is 69.1 Å².